The van der Waals surface area contributed by atoms with E-state index < -0.39 is 0 Å². The molecule has 0 aliphatic carbocycles. The SMILES string of the molecule is CCOc1ccc(-c2csc(C(C#N)=CNc3cc(Cl)ccc3C)n2)cc1. The van der Waals surface area contributed by atoms with Gasteiger partial charge < -0.3 is 10.1 Å². The molecule has 3 aromatic rings. The van der Waals surface area contributed by atoms with E-state index in [-0.39, 0.29) is 0 Å². The highest BCUT2D eigenvalue weighted by atomic mass is 35.5. The summed E-state index contributed by atoms with van der Waals surface area (Å²) in [6.07, 6.45) is 1.67. The molecule has 27 heavy (non-hydrogen) atoms. The standard InChI is InChI=1S/C21H18ClN3OS/c1-3-26-18-8-5-15(6-9-18)20-13-27-21(25-20)16(11-23)12-24-19-10-17(22)7-4-14(19)2/h4-10,12-13,24H,3H2,1-2H3. The molecule has 0 saturated carbocycles. The predicted molar refractivity (Wildman–Crippen MR) is 112 cm³/mol. The quantitative estimate of drug-likeness (QED) is 0.508. The number of nitriles is 1. The number of ether oxygens (including phenoxy) is 1. The summed E-state index contributed by atoms with van der Waals surface area (Å²) >= 11 is 7.47. The van der Waals surface area contributed by atoms with Gasteiger partial charge in [0.05, 0.1) is 12.3 Å². The zero-order valence-corrected chi connectivity index (χ0v) is 16.6. The Morgan fingerprint density at radius 3 is 2.78 bits per heavy atom. The van der Waals surface area contributed by atoms with Crippen molar-refractivity contribution in [3.8, 4) is 23.1 Å². The lowest BCUT2D eigenvalue weighted by molar-refractivity contribution is 0.340. The van der Waals surface area contributed by atoms with Gasteiger partial charge in [-0.2, -0.15) is 5.26 Å². The molecule has 0 saturated heterocycles. The molecule has 0 radical (unpaired) electrons. The van der Waals surface area contributed by atoms with E-state index in [1.807, 2.05) is 61.7 Å². The Labute approximate surface area is 167 Å². The second-order valence-electron chi connectivity index (χ2n) is 5.77. The van der Waals surface area contributed by atoms with Crippen LogP contribution >= 0.6 is 22.9 Å². The number of hydrogen-bond acceptors (Lipinski definition) is 5. The summed E-state index contributed by atoms with van der Waals surface area (Å²) in [5, 5.41) is 15.9. The maximum absolute atomic E-state index is 9.52. The van der Waals surface area contributed by atoms with Crippen molar-refractivity contribution in [2.45, 2.75) is 13.8 Å². The van der Waals surface area contributed by atoms with Gasteiger partial charge in [-0.25, -0.2) is 4.98 Å². The number of aryl methyl sites for hydroxylation is 1. The molecule has 4 nitrogen and oxygen atoms in total. The lowest BCUT2D eigenvalue weighted by atomic mass is 10.2. The normalized spacial score (nSPS) is 11.1. The molecule has 6 heteroatoms. The fraction of sp³-hybridized carbons (Fsp3) is 0.143. The lowest BCUT2D eigenvalue weighted by Gasteiger charge is -2.06. The first-order chi connectivity index (χ1) is 13.1. The highest BCUT2D eigenvalue weighted by molar-refractivity contribution is 7.11. The van der Waals surface area contributed by atoms with Gasteiger partial charge >= 0.3 is 0 Å². The van der Waals surface area contributed by atoms with E-state index in [2.05, 4.69) is 16.4 Å². The van der Waals surface area contributed by atoms with E-state index in [0.717, 1.165) is 28.3 Å². The summed E-state index contributed by atoms with van der Waals surface area (Å²) in [5.74, 6) is 0.829. The number of aromatic nitrogens is 1. The molecule has 0 amide bonds. The molecule has 136 valence electrons. The molecule has 0 aliphatic rings. The van der Waals surface area contributed by atoms with Crippen LogP contribution < -0.4 is 10.1 Å². The van der Waals surface area contributed by atoms with E-state index in [4.69, 9.17) is 16.3 Å². The molecular weight excluding hydrogens is 378 g/mol. The van der Waals surface area contributed by atoms with Crippen molar-refractivity contribution in [3.05, 3.63) is 69.6 Å². The third-order valence-corrected chi connectivity index (χ3v) is 5.00. The largest absolute Gasteiger partial charge is 0.494 e. The van der Waals surface area contributed by atoms with Crippen LogP contribution in [0.15, 0.2) is 54.0 Å². The molecule has 3 rings (SSSR count). The molecule has 0 unspecified atom stereocenters. The summed E-state index contributed by atoms with van der Waals surface area (Å²) in [6.45, 7) is 4.57. The van der Waals surface area contributed by atoms with Gasteiger partial charge in [0, 0.05) is 27.9 Å². The summed E-state index contributed by atoms with van der Waals surface area (Å²) < 4.78 is 5.46. The van der Waals surface area contributed by atoms with Gasteiger partial charge in [0.2, 0.25) is 0 Å². The highest BCUT2D eigenvalue weighted by Gasteiger charge is 2.09. The molecule has 1 aromatic heterocycles. The Kier molecular flexibility index (Phi) is 6.12. The summed E-state index contributed by atoms with van der Waals surface area (Å²) in [7, 11) is 0. The van der Waals surface area contributed by atoms with Crippen LogP contribution in [0.1, 0.15) is 17.5 Å². The summed E-state index contributed by atoms with van der Waals surface area (Å²) in [4.78, 5) is 4.60. The smallest absolute Gasteiger partial charge is 0.136 e. The second-order valence-corrected chi connectivity index (χ2v) is 7.06. The number of hydrogen-bond donors (Lipinski definition) is 1. The maximum atomic E-state index is 9.52. The van der Waals surface area contributed by atoms with Crippen LogP contribution in [-0.4, -0.2) is 11.6 Å². The van der Waals surface area contributed by atoms with E-state index in [1.165, 1.54) is 11.3 Å². The Morgan fingerprint density at radius 1 is 1.30 bits per heavy atom. The lowest BCUT2D eigenvalue weighted by Crippen LogP contribution is -1.93. The van der Waals surface area contributed by atoms with E-state index in [9.17, 15) is 5.26 Å². The van der Waals surface area contributed by atoms with Crippen LogP contribution in [0.3, 0.4) is 0 Å². The molecule has 0 atom stereocenters. The molecule has 1 N–H and O–H groups in total. The average Bonchev–Trinajstić information content (AvgIpc) is 3.16. The third-order valence-electron chi connectivity index (χ3n) is 3.89. The zero-order valence-electron chi connectivity index (χ0n) is 15.0. The first-order valence-corrected chi connectivity index (χ1v) is 9.68. The molecule has 0 bridgehead atoms. The number of anilines is 1. The molecule has 0 aliphatic heterocycles. The minimum atomic E-state index is 0.469. The van der Waals surface area contributed by atoms with Gasteiger partial charge in [0.1, 0.15) is 22.4 Å². The third kappa shape index (κ3) is 4.68. The molecule has 0 fully saturated rings. The van der Waals surface area contributed by atoms with Crippen LogP contribution in [0.2, 0.25) is 5.02 Å². The topological polar surface area (TPSA) is 57.9 Å². The van der Waals surface area contributed by atoms with Gasteiger partial charge in [-0.1, -0.05) is 17.7 Å². The van der Waals surface area contributed by atoms with Crippen molar-refractivity contribution in [2.75, 3.05) is 11.9 Å². The van der Waals surface area contributed by atoms with Crippen molar-refractivity contribution in [1.82, 2.24) is 4.98 Å². The number of allylic oxidation sites excluding steroid dienone is 1. The van der Waals surface area contributed by atoms with Gasteiger partial charge in [-0.05, 0) is 55.8 Å². The second kappa shape index (κ2) is 8.72. The molecular formula is C21H18ClN3OS. The molecule has 0 spiro atoms. The van der Waals surface area contributed by atoms with Gasteiger partial charge in [-0.3, -0.25) is 0 Å². The molecule has 1 heterocycles. The first kappa shape index (κ1) is 19.0. The van der Waals surface area contributed by atoms with Crippen LogP contribution in [-0.2, 0) is 0 Å². The fourth-order valence-corrected chi connectivity index (χ4v) is 3.43. The maximum Gasteiger partial charge on any atom is 0.136 e. The predicted octanol–water partition coefficient (Wildman–Crippen LogP) is 6.15. The molecule has 2 aromatic carbocycles. The van der Waals surface area contributed by atoms with Crippen LogP contribution in [0.5, 0.6) is 5.75 Å². The van der Waals surface area contributed by atoms with E-state index in [1.54, 1.807) is 6.20 Å². The van der Waals surface area contributed by atoms with Gasteiger partial charge in [0.15, 0.2) is 0 Å². The van der Waals surface area contributed by atoms with Gasteiger partial charge in [0.25, 0.3) is 0 Å². The van der Waals surface area contributed by atoms with Crippen molar-refractivity contribution in [2.24, 2.45) is 0 Å². The van der Waals surface area contributed by atoms with E-state index in [0.29, 0.717) is 22.2 Å². The number of benzene rings is 2. The number of nitrogens with zero attached hydrogens (tertiary/aromatic N) is 2. The average molecular weight is 396 g/mol. The number of thiazole rings is 1. The first-order valence-electron chi connectivity index (χ1n) is 8.42. The van der Waals surface area contributed by atoms with Crippen molar-refractivity contribution in [1.29, 1.82) is 5.26 Å². The van der Waals surface area contributed by atoms with Crippen LogP contribution in [0, 0.1) is 18.3 Å². The Bertz CT molecular complexity index is 1000. The Hall–Kier alpha value is -2.81. The highest BCUT2D eigenvalue weighted by Crippen LogP contribution is 2.28. The van der Waals surface area contributed by atoms with Crippen LogP contribution in [0.4, 0.5) is 5.69 Å². The Morgan fingerprint density at radius 2 is 2.07 bits per heavy atom. The minimum absolute atomic E-state index is 0.469. The Balaban J connectivity index is 1.80. The monoisotopic (exact) mass is 395 g/mol. The van der Waals surface area contributed by atoms with Crippen molar-refractivity contribution < 1.29 is 4.74 Å². The van der Waals surface area contributed by atoms with Crippen LogP contribution in [0.25, 0.3) is 16.8 Å². The number of rotatable bonds is 6. The fourth-order valence-electron chi connectivity index (χ4n) is 2.46. The van der Waals surface area contributed by atoms with Gasteiger partial charge in [-0.15, -0.1) is 11.3 Å². The summed E-state index contributed by atoms with van der Waals surface area (Å²) in [5.41, 5.74) is 4.19. The zero-order chi connectivity index (χ0) is 19.2. The summed E-state index contributed by atoms with van der Waals surface area (Å²) in [6, 6.07) is 15.6. The number of halogens is 1. The number of nitrogens with one attached hydrogen (secondary N) is 1. The van der Waals surface area contributed by atoms with E-state index >= 15 is 0 Å². The van der Waals surface area contributed by atoms with Crippen molar-refractivity contribution >= 4 is 34.2 Å². The minimum Gasteiger partial charge on any atom is -0.494 e. The van der Waals surface area contributed by atoms with Crippen molar-refractivity contribution in [3.63, 3.8) is 0 Å².